The molecule has 9 heteroatoms. The molecule has 7 nitrogen and oxygen atoms in total. The molecule has 0 bridgehead atoms. The van der Waals surface area contributed by atoms with Crippen LogP contribution in [0.1, 0.15) is 40.9 Å². The fraction of sp³-hybridized carbons (Fsp3) is 0.381. The number of halogens is 1. The molecule has 1 aliphatic carbocycles. The Labute approximate surface area is 176 Å². The summed E-state index contributed by atoms with van der Waals surface area (Å²) in [6.07, 6.45) is 5.04. The number of benzene rings is 1. The number of aromatic carboxylic acids is 1. The van der Waals surface area contributed by atoms with Crippen LogP contribution in [0.25, 0.3) is 10.2 Å². The monoisotopic (exact) mass is 431 g/mol. The Morgan fingerprint density at radius 2 is 2.10 bits per heavy atom. The average molecular weight is 431 g/mol. The minimum atomic E-state index is -1.00. The largest absolute Gasteiger partial charge is 0.488 e. The van der Waals surface area contributed by atoms with E-state index in [-0.39, 0.29) is 17.1 Å². The van der Waals surface area contributed by atoms with Crippen molar-refractivity contribution in [1.29, 1.82) is 0 Å². The smallest absolute Gasteiger partial charge is 0.346 e. The number of nitrogens with one attached hydrogen (secondary N) is 1. The topological polar surface area (TPSA) is 93.6 Å². The number of thiophene rings is 1. The second-order valence-corrected chi connectivity index (χ2v) is 8.29. The van der Waals surface area contributed by atoms with Crippen LogP contribution in [-0.2, 0) is 4.74 Å². The number of aryl methyl sites for hydroxylation is 1. The molecular weight excluding hydrogens is 409 g/mol. The first kappa shape index (κ1) is 20.5. The molecular formula is C21H22FN3O4S. The summed E-state index contributed by atoms with van der Waals surface area (Å²) < 4.78 is 25.6. The van der Waals surface area contributed by atoms with Gasteiger partial charge in [0.15, 0.2) is 0 Å². The lowest BCUT2D eigenvalue weighted by atomic mass is 9.95. The van der Waals surface area contributed by atoms with Gasteiger partial charge in [-0.3, -0.25) is 0 Å². The maximum absolute atomic E-state index is 14.0. The van der Waals surface area contributed by atoms with Crippen molar-refractivity contribution in [1.82, 2.24) is 9.97 Å². The lowest BCUT2D eigenvalue weighted by molar-refractivity contribution is 0.0211. The van der Waals surface area contributed by atoms with Crippen molar-refractivity contribution < 1.29 is 23.8 Å². The highest BCUT2D eigenvalue weighted by Crippen LogP contribution is 2.37. The predicted molar refractivity (Wildman–Crippen MR) is 112 cm³/mol. The van der Waals surface area contributed by atoms with E-state index in [1.165, 1.54) is 18.5 Å². The van der Waals surface area contributed by atoms with Gasteiger partial charge in [-0.2, -0.15) is 0 Å². The highest BCUT2D eigenvalue weighted by Gasteiger charge is 2.25. The minimum absolute atomic E-state index is 0.0713. The second kappa shape index (κ2) is 8.53. The molecule has 3 aromatic rings. The number of anilines is 2. The van der Waals surface area contributed by atoms with Gasteiger partial charge in [0.25, 0.3) is 0 Å². The summed E-state index contributed by atoms with van der Waals surface area (Å²) in [5.74, 6) is -0.564. The van der Waals surface area contributed by atoms with Crippen LogP contribution in [0, 0.1) is 12.7 Å². The number of carbonyl (C=O) groups is 1. The van der Waals surface area contributed by atoms with Gasteiger partial charge in [-0.1, -0.05) is 0 Å². The van der Waals surface area contributed by atoms with Gasteiger partial charge >= 0.3 is 5.97 Å². The van der Waals surface area contributed by atoms with Gasteiger partial charge in [0, 0.05) is 19.6 Å². The van der Waals surface area contributed by atoms with Gasteiger partial charge < -0.3 is 19.9 Å². The SMILES string of the molecule is CO[C@H]1CCC[C@@H](Oc2cc(F)ccc2Nc2ncnc3sc(C(=O)O)c(C)c23)C1. The normalized spacial score (nSPS) is 19.0. The number of hydrogen-bond donors (Lipinski definition) is 2. The van der Waals surface area contributed by atoms with Crippen LogP contribution in [0.4, 0.5) is 15.9 Å². The Hall–Kier alpha value is -2.78. The van der Waals surface area contributed by atoms with Crippen LogP contribution in [0.5, 0.6) is 5.75 Å². The van der Waals surface area contributed by atoms with Crippen LogP contribution < -0.4 is 10.1 Å². The molecule has 0 radical (unpaired) electrons. The predicted octanol–water partition coefficient (Wildman–Crippen LogP) is 4.92. The zero-order valence-electron chi connectivity index (χ0n) is 16.6. The zero-order chi connectivity index (χ0) is 21.3. The zero-order valence-corrected chi connectivity index (χ0v) is 17.5. The number of carboxylic acids is 1. The second-order valence-electron chi connectivity index (χ2n) is 7.29. The maximum atomic E-state index is 14.0. The van der Waals surface area contributed by atoms with E-state index in [0.29, 0.717) is 33.0 Å². The van der Waals surface area contributed by atoms with Crippen molar-refractivity contribution in [3.05, 3.63) is 40.8 Å². The summed E-state index contributed by atoms with van der Waals surface area (Å²) in [5.41, 5.74) is 1.14. The van der Waals surface area contributed by atoms with E-state index < -0.39 is 11.8 Å². The van der Waals surface area contributed by atoms with Crippen LogP contribution in [0.15, 0.2) is 24.5 Å². The third kappa shape index (κ3) is 4.08. The van der Waals surface area contributed by atoms with Crippen molar-refractivity contribution in [3.63, 3.8) is 0 Å². The standard InChI is InChI=1S/C21H22FN3O4S/c1-11-17-19(23-10-24-20(17)30-18(11)21(26)27)25-15-7-6-12(22)8-16(15)29-14-5-3-4-13(9-14)28-2/h6-8,10,13-14H,3-5,9H2,1-2H3,(H,26,27)(H,23,24,25)/t13-,14+/m0/s1. The van der Waals surface area contributed by atoms with E-state index in [1.54, 1.807) is 20.1 Å². The number of hydrogen-bond acceptors (Lipinski definition) is 7. The number of aromatic nitrogens is 2. The molecule has 1 aromatic carbocycles. The lowest BCUT2D eigenvalue weighted by Gasteiger charge is -2.29. The van der Waals surface area contributed by atoms with Crippen molar-refractivity contribution in [3.8, 4) is 5.75 Å². The van der Waals surface area contributed by atoms with Gasteiger partial charge in [0.05, 0.1) is 17.2 Å². The number of nitrogens with zero attached hydrogens (tertiary/aromatic N) is 2. The Balaban J connectivity index is 1.66. The maximum Gasteiger partial charge on any atom is 0.346 e. The van der Waals surface area contributed by atoms with E-state index in [2.05, 4.69) is 15.3 Å². The van der Waals surface area contributed by atoms with Gasteiger partial charge in [-0.25, -0.2) is 19.2 Å². The van der Waals surface area contributed by atoms with Crippen LogP contribution >= 0.6 is 11.3 Å². The number of fused-ring (bicyclic) bond motifs is 1. The quantitative estimate of drug-likeness (QED) is 0.572. The summed E-state index contributed by atoms with van der Waals surface area (Å²) in [5, 5.41) is 13.2. The molecule has 0 unspecified atom stereocenters. The molecule has 1 fully saturated rings. The molecule has 0 amide bonds. The number of ether oxygens (including phenoxy) is 2. The molecule has 158 valence electrons. The van der Waals surface area contributed by atoms with Crippen LogP contribution in [0.3, 0.4) is 0 Å². The highest BCUT2D eigenvalue weighted by atomic mass is 32.1. The molecule has 2 aromatic heterocycles. The highest BCUT2D eigenvalue weighted by molar-refractivity contribution is 7.20. The van der Waals surface area contributed by atoms with Gasteiger partial charge in [-0.15, -0.1) is 11.3 Å². The fourth-order valence-corrected chi connectivity index (χ4v) is 4.79. The third-order valence-corrected chi connectivity index (χ3v) is 6.51. The first-order valence-corrected chi connectivity index (χ1v) is 10.5. The summed E-state index contributed by atoms with van der Waals surface area (Å²) in [6, 6.07) is 4.28. The van der Waals surface area contributed by atoms with Gasteiger partial charge in [-0.05, 0) is 43.9 Å². The fourth-order valence-electron chi connectivity index (χ4n) is 3.80. The van der Waals surface area contributed by atoms with E-state index in [1.807, 2.05) is 0 Å². The summed E-state index contributed by atoms with van der Waals surface area (Å²) >= 11 is 1.10. The molecule has 2 N–H and O–H groups in total. The molecule has 30 heavy (non-hydrogen) atoms. The Bertz CT molecular complexity index is 1090. The van der Waals surface area contributed by atoms with Crippen molar-refractivity contribution in [2.75, 3.05) is 12.4 Å². The van der Waals surface area contributed by atoms with Crippen molar-refractivity contribution in [2.24, 2.45) is 0 Å². The molecule has 4 rings (SSSR count). The Kier molecular flexibility index (Phi) is 5.83. The molecule has 1 aliphatic rings. The summed E-state index contributed by atoms with van der Waals surface area (Å²) in [6.45, 7) is 1.73. The minimum Gasteiger partial charge on any atom is -0.488 e. The number of methoxy groups -OCH3 is 1. The molecule has 2 heterocycles. The first-order chi connectivity index (χ1) is 14.5. The first-order valence-electron chi connectivity index (χ1n) is 9.69. The van der Waals surface area contributed by atoms with Crippen LogP contribution in [-0.4, -0.2) is 40.4 Å². The van der Waals surface area contributed by atoms with E-state index in [0.717, 1.165) is 37.0 Å². The van der Waals surface area contributed by atoms with E-state index >= 15 is 0 Å². The average Bonchev–Trinajstić information content (AvgIpc) is 3.08. The molecule has 0 spiro atoms. The molecule has 1 saturated carbocycles. The Morgan fingerprint density at radius 1 is 1.30 bits per heavy atom. The van der Waals surface area contributed by atoms with Crippen LogP contribution in [0.2, 0.25) is 0 Å². The summed E-state index contributed by atoms with van der Waals surface area (Å²) in [7, 11) is 1.69. The summed E-state index contributed by atoms with van der Waals surface area (Å²) in [4.78, 5) is 20.8. The third-order valence-electron chi connectivity index (χ3n) is 5.32. The number of carboxylic acid groups (broad SMARTS) is 1. The van der Waals surface area contributed by atoms with Crippen molar-refractivity contribution in [2.45, 2.75) is 44.8 Å². The molecule has 2 atom stereocenters. The van der Waals surface area contributed by atoms with Crippen molar-refractivity contribution >= 4 is 39.0 Å². The molecule has 0 saturated heterocycles. The number of rotatable bonds is 6. The Morgan fingerprint density at radius 3 is 2.87 bits per heavy atom. The van der Waals surface area contributed by atoms with Gasteiger partial charge in [0.2, 0.25) is 0 Å². The van der Waals surface area contributed by atoms with E-state index in [4.69, 9.17) is 9.47 Å². The lowest BCUT2D eigenvalue weighted by Crippen LogP contribution is -2.29. The van der Waals surface area contributed by atoms with Gasteiger partial charge in [0.1, 0.15) is 39.5 Å². The molecule has 0 aliphatic heterocycles. The van der Waals surface area contributed by atoms with E-state index in [9.17, 15) is 14.3 Å².